The van der Waals surface area contributed by atoms with E-state index < -0.39 is 121 Å². The van der Waals surface area contributed by atoms with Gasteiger partial charge in [0.15, 0.2) is 41.8 Å². The molecule has 472 valence electrons. The summed E-state index contributed by atoms with van der Waals surface area (Å²) in [5.41, 5.74) is 1.64. The lowest BCUT2D eigenvalue weighted by Crippen LogP contribution is -2.65. The van der Waals surface area contributed by atoms with E-state index in [1.807, 2.05) is 29.5 Å². The van der Waals surface area contributed by atoms with Gasteiger partial charge >= 0.3 is 6.09 Å². The third kappa shape index (κ3) is 15.7. The Kier molecular flexibility index (Phi) is 24.4. The number of ketones is 1. The predicted octanol–water partition coefficient (Wildman–Crippen LogP) is 2.71. The molecule has 0 radical (unpaired) electrons. The monoisotopic (exact) mass is 1360 g/mol. The maximum atomic E-state index is 14.1. The number of thiol groups is 1. The number of aliphatic hydroxyl groups excluding tert-OH is 5. The number of rotatable bonds is 22. The molecule has 2 bridgehead atoms. The van der Waals surface area contributed by atoms with E-state index >= 15 is 0 Å². The van der Waals surface area contributed by atoms with Gasteiger partial charge in [-0.2, -0.15) is 16.8 Å². The van der Waals surface area contributed by atoms with Gasteiger partial charge in [0.05, 0.1) is 97.0 Å². The Morgan fingerprint density at radius 1 is 0.894 bits per heavy atom. The van der Waals surface area contributed by atoms with Crippen LogP contribution in [0.5, 0.6) is 17.2 Å². The fourth-order valence-electron chi connectivity index (χ4n) is 10.8. The summed E-state index contributed by atoms with van der Waals surface area (Å²) in [4.78, 5) is 33.3. The van der Waals surface area contributed by atoms with E-state index in [-0.39, 0.29) is 87.7 Å². The van der Waals surface area contributed by atoms with Crippen LogP contribution in [0.2, 0.25) is 0 Å². The van der Waals surface area contributed by atoms with E-state index in [2.05, 4.69) is 39.8 Å². The summed E-state index contributed by atoms with van der Waals surface area (Å²) in [7, 11) is 10.2. The first-order chi connectivity index (χ1) is 40.7. The Bertz CT molecular complexity index is 2790. The van der Waals surface area contributed by atoms with E-state index in [1.165, 1.54) is 33.5 Å². The van der Waals surface area contributed by atoms with Crippen LogP contribution in [0.15, 0.2) is 35.1 Å². The summed E-state index contributed by atoms with van der Waals surface area (Å²) in [6, 6.07) is -1.24. The molecular formula is C57H78IN3O21S3. The quantitative estimate of drug-likeness (QED) is 0.0152. The van der Waals surface area contributed by atoms with Crippen LogP contribution in [-0.4, -0.2) is 223 Å². The summed E-state index contributed by atoms with van der Waals surface area (Å²) in [6.45, 7) is 9.56. The lowest BCUT2D eigenvalue weighted by molar-refractivity contribution is -0.336. The summed E-state index contributed by atoms with van der Waals surface area (Å²) < 4.78 is 72.9. The lowest BCUT2D eigenvalue weighted by atomic mass is 9.75. The summed E-state index contributed by atoms with van der Waals surface area (Å²) in [5, 5.41) is 75.8. The summed E-state index contributed by atoms with van der Waals surface area (Å²) >= 11 is 2.29. The molecule has 9 N–H and O–H groups in total. The van der Waals surface area contributed by atoms with Crippen molar-refractivity contribution in [3.8, 4) is 40.9 Å². The van der Waals surface area contributed by atoms with Crippen LogP contribution in [0, 0.1) is 34.2 Å². The van der Waals surface area contributed by atoms with Gasteiger partial charge in [0, 0.05) is 49.2 Å². The molecule has 28 heteroatoms. The highest BCUT2D eigenvalue weighted by Crippen LogP contribution is 2.48. The first kappa shape index (κ1) is 67.8. The third-order valence-electron chi connectivity index (χ3n) is 15.5. The molecule has 4 saturated heterocycles. The van der Waals surface area contributed by atoms with Crippen molar-refractivity contribution in [1.29, 1.82) is 0 Å². The van der Waals surface area contributed by atoms with Crippen LogP contribution in [0.25, 0.3) is 0 Å². The molecule has 1 saturated carbocycles. The molecule has 8 rings (SSSR count). The van der Waals surface area contributed by atoms with Gasteiger partial charge < -0.3 is 92.8 Å². The number of hydrogen-bond donors (Lipinski definition) is 10. The fraction of sp³-hybridized carbons (Fsp3) is 0.667. The second-order valence-corrected chi connectivity index (χ2v) is 26.3. The number of hydroxylamine groups is 1. The highest BCUT2D eigenvalue weighted by molar-refractivity contribution is 14.1. The number of halogens is 1. The molecular weight excluding hydrogens is 1290 g/mol. The van der Waals surface area contributed by atoms with Crippen molar-refractivity contribution < 1.29 is 102 Å². The molecule has 7 aliphatic rings. The normalized spacial score (nSPS) is 36.5. The van der Waals surface area contributed by atoms with Crippen molar-refractivity contribution in [1.82, 2.24) is 16.1 Å². The van der Waals surface area contributed by atoms with Crippen LogP contribution in [-0.2, 0) is 52.3 Å². The van der Waals surface area contributed by atoms with E-state index in [0.29, 0.717) is 26.7 Å². The number of benzene rings is 1. The Morgan fingerprint density at radius 3 is 2.29 bits per heavy atom. The molecule has 3 aliphatic carbocycles. The number of ether oxygens (including phenoxy) is 12. The smallest absolute Gasteiger partial charge is 0.411 e. The number of methoxy groups -OCH3 is 5. The zero-order valence-electron chi connectivity index (χ0n) is 48.8. The van der Waals surface area contributed by atoms with Crippen molar-refractivity contribution in [2.24, 2.45) is 0 Å². The van der Waals surface area contributed by atoms with Crippen molar-refractivity contribution in [2.45, 2.75) is 187 Å². The van der Waals surface area contributed by atoms with Gasteiger partial charge in [-0.05, 0) is 87.4 Å². The number of fused-ring (bicyclic) bond motifs is 2. The first-order valence-corrected chi connectivity index (χ1v) is 32.3. The molecule has 5 fully saturated rings. The molecule has 4 aliphatic heterocycles. The van der Waals surface area contributed by atoms with E-state index in [0.717, 1.165) is 20.0 Å². The van der Waals surface area contributed by atoms with Gasteiger partial charge in [-0.1, -0.05) is 58.3 Å². The van der Waals surface area contributed by atoms with Crippen LogP contribution in [0.3, 0.4) is 0 Å². The molecule has 19 atom stereocenters. The molecule has 1 aromatic carbocycles. The van der Waals surface area contributed by atoms with Crippen molar-refractivity contribution in [3.05, 3.63) is 49.8 Å². The van der Waals surface area contributed by atoms with Gasteiger partial charge in [-0.15, -0.1) is 0 Å². The minimum Gasteiger partial charge on any atom is -0.492 e. The molecule has 1 amide bonds. The second-order valence-electron chi connectivity index (χ2n) is 21.2. The van der Waals surface area contributed by atoms with Gasteiger partial charge in [-0.3, -0.25) is 14.9 Å². The lowest BCUT2D eigenvalue weighted by Gasteiger charge is -2.46. The molecule has 0 unspecified atom stereocenters. The van der Waals surface area contributed by atoms with Crippen molar-refractivity contribution >= 4 is 72.5 Å². The average molecular weight is 1360 g/mol. The van der Waals surface area contributed by atoms with Gasteiger partial charge in [0.25, 0.3) is 0 Å². The number of likely N-dealkylation sites (N-methyl/N-ethyl adjacent to an activating group) is 1. The number of aliphatic hydroxyl groups is 6. The van der Waals surface area contributed by atoms with E-state index in [1.54, 1.807) is 62.5 Å². The number of carbonyl (C=O) groups excluding carboxylic acids is 2. The largest absolute Gasteiger partial charge is 0.492 e. The summed E-state index contributed by atoms with van der Waals surface area (Å²) in [5.74, 6) is 11.6. The fourth-order valence-corrected chi connectivity index (χ4v) is 15.1. The Balaban J connectivity index is 1.03. The third-order valence-corrected chi connectivity index (χ3v) is 21.1. The predicted molar refractivity (Wildman–Crippen MR) is 323 cm³/mol. The minimum absolute atomic E-state index is 0.0102. The number of allylic oxidation sites excluding steroid dienone is 3. The summed E-state index contributed by atoms with van der Waals surface area (Å²) in [6.07, 6.45) is -11.1. The Morgan fingerprint density at radius 2 is 1.62 bits per heavy atom. The minimum atomic E-state index is -2.04. The maximum absolute atomic E-state index is 14.1. The number of nitrogens with one attached hydrogen (secondary N) is 3. The van der Waals surface area contributed by atoms with Crippen LogP contribution < -0.4 is 30.3 Å². The van der Waals surface area contributed by atoms with E-state index in [9.17, 15) is 40.2 Å². The molecule has 0 aromatic heterocycles. The zero-order valence-corrected chi connectivity index (χ0v) is 53.5. The molecule has 4 heterocycles. The van der Waals surface area contributed by atoms with Crippen molar-refractivity contribution in [3.63, 3.8) is 0 Å². The number of Topliss-reactive ketones (excluding diaryl/α,β-unsaturated/α-hetero) is 1. The topological polar surface area (TPSA) is 312 Å². The first-order valence-electron chi connectivity index (χ1n) is 27.9. The molecule has 1 aromatic rings. The van der Waals surface area contributed by atoms with E-state index in [4.69, 9.17) is 61.7 Å². The molecule has 85 heavy (non-hydrogen) atoms. The Hall–Kier alpha value is -3.13. The maximum Gasteiger partial charge on any atom is 0.411 e. The van der Waals surface area contributed by atoms with Gasteiger partial charge in [0.1, 0.15) is 41.7 Å². The number of alkyl carbamates (subject to hydrolysis) is 1. The number of amides is 1. The van der Waals surface area contributed by atoms with Gasteiger partial charge in [-0.25, -0.2) is 4.79 Å². The molecule has 0 spiro atoms. The SMILES string of the molecule is CCN[C@H]1CO[C@@H](O[C@H]2[C@H](O[C@H]3C#CC=CC#C[C@]4(O)CC(=O)C(NC(=O)OC)=C3/C4=C\CSSC3CC3)O[C@H](C)[C@@H](NO[C@H]3C[C@H](O)[C@H]([SH]=C(O)c4c(C)c(I)c(O[C@@H]5O[C@@H](C)[C@H](O)[C@@H](OC)[C@H]5O)c(OC)c4OC)[C@@H](C)O3)[C@@H]2O)C[C@@H]1OC. The van der Waals surface area contributed by atoms with Crippen LogP contribution in [0.1, 0.15) is 70.9 Å². The standard InChI is InChI=1S/C57H78IN3O21S3/c1-11-59-32-25-75-37(23-36(32)70-6)80-50-45(65)42(27(3)77-55(50)79-35-16-14-12-13-15-20-57(69)24-34(63)43(60-56(68)74-10)40(35)31(57)19-21-83-85-30-17-18-30)61-82-38-22-33(62)52(29(5)76-38)84-53(67)39-26(2)41(58)48(51(73-9)47(39)71-7)81-54-46(66)49(72-8)44(64)28(4)78-54/h12-13,19,27-30,32-33,35-38,42,44-46,49-50,52,54-55,59,61-62,64-67,69,84H,11,17-18,21-25H2,1-10H3,(H,60,68)/b13-12?,31-19+/t27-,28+,29-,32+,33+,35+,36+,37+,38+,42-,44+,45+,46-,49-,50-,52-,54+,55+,57+/m1/s1. The van der Waals surface area contributed by atoms with Crippen LogP contribution in [0.4, 0.5) is 4.79 Å². The highest BCUT2D eigenvalue weighted by Gasteiger charge is 2.52. The highest BCUT2D eigenvalue weighted by atomic mass is 127. The van der Waals surface area contributed by atoms with Crippen molar-refractivity contribution in [2.75, 3.05) is 54.5 Å². The molecule has 24 nitrogen and oxygen atoms in total. The van der Waals surface area contributed by atoms with Crippen LogP contribution >= 0.6 is 55.5 Å². The second kappa shape index (κ2) is 30.6. The number of hydrogen-bond acceptors (Lipinski definition) is 24. The van der Waals surface area contributed by atoms with Gasteiger partial charge in [0.2, 0.25) is 12.0 Å². The zero-order chi connectivity index (χ0) is 61.4. The Labute approximate surface area is 519 Å². The number of carbonyl (C=O) groups is 2. The average Bonchev–Trinajstić information content (AvgIpc) is 2.59.